The maximum absolute atomic E-state index is 13.3. The number of benzene rings is 2. The predicted octanol–water partition coefficient (Wildman–Crippen LogP) is 5.18. The van der Waals surface area contributed by atoms with Gasteiger partial charge in [-0.25, -0.2) is 4.98 Å². The van der Waals surface area contributed by atoms with Gasteiger partial charge < -0.3 is 4.74 Å². The maximum atomic E-state index is 13.3. The molecule has 3 aromatic rings. The van der Waals surface area contributed by atoms with Gasteiger partial charge in [0.05, 0.1) is 29.3 Å². The van der Waals surface area contributed by atoms with Gasteiger partial charge in [-0.2, -0.15) is 0 Å². The SMILES string of the molecule is CCc1ccc(CC(=O)N(CC2CCCO2)c2nc3c(CC)cccc3s2)cc1. The number of ether oxygens (including phenoxy) is 1. The molecular formula is C24H28N2O2S. The summed E-state index contributed by atoms with van der Waals surface area (Å²) in [4.78, 5) is 20.1. The van der Waals surface area contributed by atoms with Crippen molar-refractivity contribution in [1.29, 1.82) is 0 Å². The van der Waals surface area contributed by atoms with Gasteiger partial charge in [0.15, 0.2) is 5.13 Å². The third-order valence-electron chi connectivity index (χ3n) is 5.60. The molecule has 1 aliphatic heterocycles. The van der Waals surface area contributed by atoms with Crippen molar-refractivity contribution in [2.24, 2.45) is 0 Å². The van der Waals surface area contributed by atoms with Crippen molar-refractivity contribution in [2.45, 2.75) is 52.1 Å². The third kappa shape index (κ3) is 4.51. The zero-order valence-corrected chi connectivity index (χ0v) is 18.0. The Morgan fingerprint density at radius 1 is 1.14 bits per heavy atom. The lowest BCUT2D eigenvalue weighted by molar-refractivity contribution is -0.118. The summed E-state index contributed by atoms with van der Waals surface area (Å²) in [6.07, 6.45) is 4.48. The molecule has 2 aromatic carbocycles. The number of carbonyl (C=O) groups is 1. The van der Waals surface area contributed by atoms with E-state index in [1.165, 1.54) is 11.1 Å². The zero-order valence-electron chi connectivity index (χ0n) is 17.2. The first-order chi connectivity index (χ1) is 14.2. The Labute approximate surface area is 176 Å². The van der Waals surface area contributed by atoms with Crippen LogP contribution in [0.3, 0.4) is 0 Å². The van der Waals surface area contributed by atoms with Crippen molar-refractivity contribution < 1.29 is 9.53 Å². The Balaban J connectivity index is 1.62. The molecule has 152 valence electrons. The summed E-state index contributed by atoms with van der Waals surface area (Å²) in [6, 6.07) is 14.6. The van der Waals surface area contributed by atoms with E-state index < -0.39 is 0 Å². The fourth-order valence-electron chi connectivity index (χ4n) is 3.84. The molecule has 0 saturated carbocycles. The highest BCUT2D eigenvalue weighted by Gasteiger charge is 2.26. The molecular weight excluding hydrogens is 380 g/mol. The van der Waals surface area contributed by atoms with E-state index in [1.54, 1.807) is 11.3 Å². The van der Waals surface area contributed by atoms with Crippen LogP contribution in [-0.4, -0.2) is 30.1 Å². The number of hydrogen-bond acceptors (Lipinski definition) is 4. The number of amides is 1. The van der Waals surface area contributed by atoms with Gasteiger partial charge in [0, 0.05) is 6.61 Å². The van der Waals surface area contributed by atoms with Gasteiger partial charge in [-0.05, 0) is 48.4 Å². The van der Waals surface area contributed by atoms with Crippen LogP contribution < -0.4 is 4.90 Å². The quantitative estimate of drug-likeness (QED) is 0.541. The van der Waals surface area contributed by atoms with Crippen LogP contribution >= 0.6 is 11.3 Å². The molecule has 0 bridgehead atoms. The van der Waals surface area contributed by atoms with E-state index in [0.29, 0.717) is 13.0 Å². The molecule has 0 aliphatic carbocycles. The Bertz CT molecular complexity index is 974. The zero-order chi connectivity index (χ0) is 20.2. The lowest BCUT2D eigenvalue weighted by Crippen LogP contribution is -2.38. The van der Waals surface area contributed by atoms with Gasteiger partial charge >= 0.3 is 0 Å². The molecule has 1 saturated heterocycles. The predicted molar refractivity (Wildman–Crippen MR) is 120 cm³/mol. The number of anilines is 1. The second kappa shape index (κ2) is 9.06. The highest BCUT2D eigenvalue weighted by atomic mass is 32.1. The van der Waals surface area contributed by atoms with Crippen molar-refractivity contribution >= 4 is 32.6 Å². The maximum Gasteiger partial charge on any atom is 0.233 e. The topological polar surface area (TPSA) is 42.4 Å². The minimum atomic E-state index is 0.0850. The second-order valence-electron chi connectivity index (χ2n) is 7.60. The highest BCUT2D eigenvalue weighted by molar-refractivity contribution is 7.22. The van der Waals surface area contributed by atoms with Crippen molar-refractivity contribution in [1.82, 2.24) is 4.98 Å². The molecule has 0 radical (unpaired) electrons. The van der Waals surface area contributed by atoms with Crippen LogP contribution in [-0.2, 0) is 28.8 Å². The first-order valence-electron chi connectivity index (χ1n) is 10.6. The Morgan fingerprint density at radius 2 is 1.93 bits per heavy atom. The van der Waals surface area contributed by atoms with Gasteiger partial charge in [0.1, 0.15) is 0 Å². The molecule has 1 aromatic heterocycles. The van der Waals surface area contributed by atoms with E-state index in [9.17, 15) is 4.79 Å². The van der Waals surface area contributed by atoms with E-state index in [4.69, 9.17) is 9.72 Å². The number of aryl methyl sites for hydroxylation is 2. The minimum absolute atomic E-state index is 0.0850. The summed E-state index contributed by atoms with van der Waals surface area (Å²) in [5.74, 6) is 0.0850. The number of nitrogens with zero attached hydrogens (tertiary/aromatic N) is 2. The average Bonchev–Trinajstić information content (AvgIpc) is 3.41. The van der Waals surface area contributed by atoms with Crippen LogP contribution in [0.1, 0.15) is 43.4 Å². The molecule has 1 atom stereocenters. The summed E-state index contributed by atoms with van der Waals surface area (Å²) >= 11 is 1.60. The molecule has 1 fully saturated rings. The van der Waals surface area contributed by atoms with Crippen molar-refractivity contribution in [3.8, 4) is 0 Å². The van der Waals surface area contributed by atoms with Gasteiger partial charge in [0.2, 0.25) is 5.91 Å². The smallest absolute Gasteiger partial charge is 0.233 e. The molecule has 2 heterocycles. The summed E-state index contributed by atoms with van der Waals surface area (Å²) in [7, 11) is 0. The van der Waals surface area contributed by atoms with E-state index in [2.05, 4.69) is 56.3 Å². The molecule has 1 amide bonds. The summed E-state index contributed by atoms with van der Waals surface area (Å²) in [6.45, 7) is 5.64. The number of aromatic nitrogens is 1. The summed E-state index contributed by atoms with van der Waals surface area (Å²) in [5.41, 5.74) is 4.58. The second-order valence-corrected chi connectivity index (χ2v) is 8.61. The minimum Gasteiger partial charge on any atom is -0.376 e. The largest absolute Gasteiger partial charge is 0.376 e. The molecule has 1 unspecified atom stereocenters. The summed E-state index contributed by atoms with van der Waals surface area (Å²) in [5, 5.41) is 0.784. The van der Waals surface area contributed by atoms with E-state index >= 15 is 0 Å². The molecule has 0 spiro atoms. The first kappa shape index (κ1) is 20.0. The Kier molecular flexibility index (Phi) is 6.26. The van der Waals surface area contributed by atoms with Crippen LogP contribution in [0.5, 0.6) is 0 Å². The molecule has 0 N–H and O–H groups in total. The normalized spacial score (nSPS) is 16.4. The number of thiazole rings is 1. The standard InChI is InChI=1S/C24H28N2O2S/c1-3-17-10-12-18(13-11-17)15-22(27)26(16-20-8-6-14-28-20)24-25-23-19(4-2)7-5-9-21(23)29-24/h5,7,9-13,20H,3-4,6,8,14-16H2,1-2H3. The highest BCUT2D eigenvalue weighted by Crippen LogP contribution is 2.32. The number of rotatable bonds is 7. The lowest BCUT2D eigenvalue weighted by Gasteiger charge is -2.23. The fraction of sp³-hybridized carbons (Fsp3) is 0.417. The number of carbonyl (C=O) groups excluding carboxylic acids is 1. The molecule has 4 nitrogen and oxygen atoms in total. The van der Waals surface area contributed by atoms with Crippen LogP contribution in [0.2, 0.25) is 0 Å². The van der Waals surface area contributed by atoms with Crippen LogP contribution in [0.25, 0.3) is 10.2 Å². The molecule has 5 heteroatoms. The van der Waals surface area contributed by atoms with Crippen LogP contribution in [0.4, 0.5) is 5.13 Å². The van der Waals surface area contributed by atoms with Gasteiger partial charge in [-0.3, -0.25) is 9.69 Å². The number of para-hydroxylation sites is 1. The summed E-state index contributed by atoms with van der Waals surface area (Å²) < 4.78 is 6.97. The van der Waals surface area contributed by atoms with Gasteiger partial charge in [0.25, 0.3) is 0 Å². The average molecular weight is 409 g/mol. The van der Waals surface area contributed by atoms with Crippen LogP contribution in [0.15, 0.2) is 42.5 Å². The number of hydrogen-bond donors (Lipinski definition) is 0. The van der Waals surface area contributed by atoms with Crippen molar-refractivity contribution in [3.63, 3.8) is 0 Å². The van der Waals surface area contributed by atoms with E-state index in [-0.39, 0.29) is 12.0 Å². The lowest BCUT2D eigenvalue weighted by atomic mass is 10.1. The van der Waals surface area contributed by atoms with Crippen molar-refractivity contribution in [3.05, 3.63) is 59.2 Å². The Morgan fingerprint density at radius 3 is 2.62 bits per heavy atom. The number of fused-ring (bicyclic) bond motifs is 1. The van der Waals surface area contributed by atoms with Crippen LogP contribution in [0, 0.1) is 0 Å². The Hall–Kier alpha value is -2.24. The molecule has 1 aliphatic rings. The molecule has 4 rings (SSSR count). The van der Waals surface area contributed by atoms with Crippen molar-refractivity contribution in [2.75, 3.05) is 18.1 Å². The van der Waals surface area contributed by atoms with E-state index in [1.807, 2.05) is 4.90 Å². The monoisotopic (exact) mass is 408 g/mol. The first-order valence-corrected chi connectivity index (χ1v) is 11.4. The van der Waals surface area contributed by atoms with Gasteiger partial charge in [-0.15, -0.1) is 0 Å². The van der Waals surface area contributed by atoms with Gasteiger partial charge in [-0.1, -0.05) is 61.6 Å². The van der Waals surface area contributed by atoms with E-state index in [0.717, 1.165) is 53.2 Å². The molecule has 29 heavy (non-hydrogen) atoms. The third-order valence-corrected chi connectivity index (χ3v) is 6.64. The fourth-order valence-corrected chi connectivity index (χ4v) is 4.88.